The van der Waals surface area contributed by atoms with E-state index in [1.807, 2.05) is 6.92 Å². The second kappa shape index (κ2) is 6.25. The van der Waals surface area contributed by atoms with Crippen molar-refractivity contribution in [2.75, 3.05) is 18.7 Å². The molecule has 0 saturated heterocycles. The Hall–Kier alpha value is -2.61. The van der Waals surface area contributed by atoms with Crippen molar-refractivity contribution < 1.29 is 18.1 Å². The van der Waals surface area contributed by atoms with Gasteiger partial charge in [-0.15, -0.1) is 0 Å². The number of hydrogen-bond donors (Lipinski definition) is 1. The number of hydrogen-bond acceptors (Lipinski definition) is 6. The quantitative estimate of drug-likeness (QED) is 0.665. The lowest BCUT2D eigenvalue weighted by Crippen LogP contribution is -2.05. The molecule has 2 aromatic rings. The largest absolute Gasteiger partial charge is 0.496 e. The standard InChI is InChI=1S/C15H16N2O5S/c1-10-9-11(7-8-13(10)22-2)16-12-5-4-6-14(23(3,20)21)15(12)17(18)19/h4-9,16H,1-3H3. The third kappa shape index (κ3) is 3.59. The predicted molar refractivity (Wildman–Crippen MR) is 87.2 cm³/mol. The van der Waals surface area contributed by atoms with E-state index >= 15 is 0 Å². The van der Waals surface area contributed by atoms with Gasteiger partial charge in [-0.05, 0) is 42.8 Å². The molecule has 8 heteroatoms. The Kier molecular flexibility index (Phi) is 4.55. The Bertz CT molecular complexity index is 862. The summed E-state index contributed by atoms with van der Waals surface area (Å²) in [6.07, 6.45) is 0.941. The molecule has 0 unspecified atom stereocenters. The zero-order valence-electron chi connectivity index (χ0n) is 12.9. The summed E-state index contributed by atoms with van der Waals surface area (Å²) in [5, 5.41) is 14.2. The van der Waals surface area contributed by atoms with E-state index in [1.165, 1.54) is 18.2 Å². The van der Waals surface area contributed by atoms with Gasteiger partial charge in [0.25, 0.3) is 0 Å². The highest BCUT2D eigenvalue weighted by Crippen LogP contribution is 2.34. The fourth-order valence-electron chi connectivity index (χ4n) is 2.22. The van der Waals surface area contributed by atoms with Crippen molar-refractivity contribution in [1.82, 2.24) is 0 Å². The maximum absolute atomic E-state index is 11.8. The molecule has 0 aliphatic rings. The van der Waals surface area contributed by atoms with Crippen LogP contribution in [0.25, 0.3) is 0 Å². The number of nitrogens with one attached hydrogen (secondary N) is 1. The molecular formula is C15H16N2O5S. The van der Waals surface area contributed by atoms with Gasteiger partial charge in [0.15, 0.2) is 9.84 Å². The van der Waals surface area contributed by atoms with E-state index in [1.54, 1.807) is 25.3 Å². The second-order valence-electron chi connectivity index (χ2n) is 4.99. The monoisotopic (exact) mass is 336 g/mol. The molecule has 0 heterocycles. The Morgan fingerprint density at radius 1 is 1.22 bits per heavy atom. The number of benzene rings is 2. The topological polar surface area (TPSA) is 98.5 Å². The van der Waals surface area contributed by atoms with Crippen molar-refractivity contribution in [1.29, 1.82) is 0 Å². The van der Waals surface area contributed by atoms with Gasteiger partial charge in [-0.25, -0.2) is 8.42 Å². The van der Waals surface area contributed by atoms with Gasteiger partial charge in [0.1, 0.15) is 16.3 Å². The molecular weight excluding hydrogens is 320 g/mol. The summed E-state index contributed by atoms with van der Waals surface area (Å²) in [4.78, 5) is 10.3. The minimum Gasteiger partial charge on any atom is -0.496 e. The maximum Gasteiger partial charge on any atom is 0.311 e. The number of nitro groups is 1. The zero-order chi connectivity index (χ0) is 17.2. The molecule has 0 aromatic heterocycles. The molecule has 0 aliphatic carbocycles. The van der Waals surface area contributed by atoms with Crippen LogP contribution in [-0.2, 0) is 9.84 Å². The van der Waals surface area contributed by atoms with Gasteiger partial charge >= 0.3 is 5.69 Å². The molecule has 0 atom stereocenters. The first-order chi connectivity index (χ1) is 10.7. The number of nitrogens with zero attached hydrogens (tertiary/aromatic N) is 1. The summed E-state index contributed by atoms with van der Waals surface area (Å²) in [6.45, 7) is 1.84. The molecule has 23 heavy (non-hydrogen) atoms. The Morgan fingerprint density at radius 2 is 1.91 bits per heavy atom. The highest BCUT2D eigenvalue weighted by molar-refractivity contribution is 7.90. The van der Waals surface area contributed by atoms with E-state index in [4.69, 9.17) is 4.74 Å². The highest BCUT2D eigenvalue weighted by atomic mass is 32.2. The van der Waals surface area contributed by atoms with Crippen LogP contribution in [0.4, 0.5) is 17.1 Å². The summed E-state index contributed by atoms with van der Waals surface area (Å²) < 4.78 is 28.7. The van der Waals surface area contributed by atoms with Crippen LogP contribution >= 0.6 is 0 Å². The van der Waals surface area contributed by atoms with Crippen LogP contribution in [0.1, 0.15) is 5.56 Å². The molecule has 0 fully saturated rings. The Labute approximate surface area is 134 Å². The molecule has 0 amide bonds. The number of aryl methyl sites for hydroxylation is 1. The highest BCUT2D eigenvalue weighted by Gasteiger charge is 2.26. The van der Waals surface area contributed by atoms with E-state index in [-0.39, 0.29) is 10.6 Å². The van der Waals surface area contributed by atoms with Gasteiger partial charge in [0.05, 0.1) is 12.0 Å². The van der Waals surface area contributed by atoms with E-state index in [0.717, 1.165) is 11.8 Å². The average molecular weight is 336 g/mol. The van der Waals surface area contributed by atoms with Crippen molar-refractivity contribution in [2.45, 2.75) is 11.8 Å². The molecule has 2 rings (SSSR count). The lowest BCUT2D eigenvalue weighted by Gasteiger charge is -2.11. The normalized spacial score (nSPS) is 11.1. The van der Waals surface area contributed by atoms with E-state index in [0.29, 0.717) is 11.4 Å². The minimum atomic E-state index is -3.71. The number of nitro benzene ring substituents is 1. The summed E-state index contributed by atoms with van der Waals surface area (Å²) in [5.41, 5.74) is 1.09. The van der Waals surface area contributed by atoms with Gasteiger partial charge in [0, 0.05) is 11.9 Å². The molecule has 0 saturated carbocycles. The molecule has 7 nitrogen and oxygen atoms in total. The number of anilines is 2. The van der Waals surface area contributed by atoms with Crippen molar-refractivity contribution in [3.8, 4) is 5.75 Å². The Morgan fingerprint density at radius 3 is 2.43 bits per heavy atom. The molecule has 0 bridgehead atoms. The van der Waals surface area contributed by atoms with Crippen LogP contribution in [0, 0.1) is 17.0 Å². The first-order valence-electron chi connectivity index (χ1n) is 6.63. The fraction of sp³-hybridized carbons (Fsp3) is 0.200. The number of para-hydroxylation sites is 1. The van der Waals surface area contributed by atoms with Crippen LogP contribution in [-0.4, -0.2) is 26.7 Å². The number of rotatable bonds is 5. The third-order valence-electron chi connectivity index (χ3n) is 3.25. The second-order valence-corrected chi connectivity index (χ2v) is 6.98. The molecule has 0 radical (unpaired) electrons. The Balaban J connectivity index is 2.52. The minimum absolute atomic E-state index is 0.113. The summed E-state index contributed by atoms with van der Waals surface area (Å²) in [7, 11) is -2.16. The lowest BCUT2D eigenvalue weighted by atomic mass is 10.2. The SMILES string of the molecule is COc1ccc(Nc2cccc(S(C)(=O)=O)c2[N+](=O)[O-])cc1C. The van der Waals surface area contributed by atoms with E-state index < -0.39 is 20.4 Å². The summed E-state index contributed by atoms with van der Waals surface area (Å²) in [5.74, 6) is 0.690. The first-order valence-corrected chi connectivity index (χ1v) is 8.52. The van der Waals surface area contributed by atoms with Crippen molar-refractivity contribution in [3.05, 3.63) is 52.1 Å². The molecule has 0 spiro atoms. The number of ether oxygens (including phenoxy) is 1. The van der Waals surface area contributed by atoms with Crippen LogP contribution in [0.15, 0.2) is 41.3 Å². The lowest BCUT2D eigenvalue weighted by molar-refractivity contribution is -0.386. The summed E-state index contributed by atoms with van der Waals surface area (Å²) in [6, 6.07) is 9.33. The van der Waals surface area contributed by atoms with Crippen molar-refractivity contribution in [3.63, 3.8) is 0 Å². The van der Waals surface area contributed by atoms with Gasteiger partial charge in [-0.3, -0.25) is 10.1 Å². The molecule has 122 valence electrons. The van der Waals surface area contributed by atoms with Crippen LogP contribution < -0.4 is 10.1 Å². The predicted octanol–water partition coefficient (Wildman–Crippen LogP) is 3.06. The van der Waals surface area contributed by atoms with Crippen molar-refractivity contribution in [2.24, 2.45) is 0 Å². The van der Waals surface area contributed by atoms with Crippen LogP contribution in [0.2, 0.25) is 0 Å². The number of sulfone groups is 1. The van der Waals surface area contributed by atoms with E-state index in [9.17, 15) is 18.5 Å². The smallest absolute Gasteiger partial charge is 0.311 e. The van der Waals surface area contributed by atoms with Gasteiger partial charge < -0.3 is 10.1 Å². The van der Waals surface area contributed by atoms with Crippen molar-refractivity contribution >= 4 is 26.9 Å². The van der Waals surface area contributed by atoms with Crippen LogP contribution in [0.5, 0.6) is 5.75 Å². The van der Waals surface area contributed by atoms with Gasteiger partial charge in [-0.1, -0.05) is 6.07 Å². The maximum atomic E-state index is 11.8. The summed E-state index contributed by atoms with van der Waals surface area (Å²) >= 11 is 0. The third-order valence-corrected chi connectivity index (χ3v) is 4.38. The molecule has 2 aromatic carbocycles. The zero-order valence-corrected chi connectivity index (χ0v) is 13.7. The molecule has 1 N–H and O–H groups in total. The van der Waals surface area contributed by atoms with E-state index in [2.05, 4.69) is 5.32 Å². The van der Waals surface area contributed by atoms with Gasteiger partial charge in [0.2, 0.25) is 0 Å². The number of methoxy groups -OCH3 is 1. The van der Waals surface area contributed by atoms with Crippen LogP contribution in [0.3, 0.4) is 0 Å². The molecule has 0 aliphatic heterocycles. The first kappa shape index (κ1) is 16.8. The average Bonchev–Trinajstić information content (AvgIpc) is 2.46. The van der Waals surface area contributed by atoms with Gasteiger partial charge in [-0.2, -0.15) is 0 Å². The fourth-order valence-corrected chi connectivity index (χ4v) is 3.08.